The number of hydrogen-bond acceptors (Lipinski definition) is 5. The van der Waals surface area contributed by atoms with E-state index in [1.54, 1.807) is 48.4 Å². The number of hydrogen-bond donors (Lipinski definition) is 0. The third-order valence-corrected chi connectivity index (χ3v) is 6.31. The number of carbonyl (C=O) groups excluding carboxylic acids is 2. The summed E-state index contributed by atoms with van der Waals surface area (Å²) in [6.45, 7) is 2.79. The van der Waals surface area contributed by atoms with Crippen molar-refractivity contribution in [2.75, 3.05) is 26.3 Å². The Morgan fingerprint density at radius 3 is 2.35 bits per heavy atom. The molecule has 0 saturated carbocycles. The maximum atomic E-state index is 13.0. The minimum Gasteiger partial charge on any atom is -0.492 e. The second-order valence-electron chi connectivity index (χ2n) is 8.16. The predicted octanol–water partition coefficient (Wildman–Crippen LogP) is 5.53. The number of pyridine rings is 1. The van der Waals surface area contributed by atoms with Crippen molar-refractivity contribution in [1.82, 2.24) is 9.88 Å². The molecule has 0 aliphatic carbocycles. The summed E-state index contributed by atoms with van der Waals surface area (Å²) >= 11 is 11.8. The molecule has 2 aromatic carbocycles. The second kappa shape index (κ2) is 10.5. The average Bonchev–Trinajstić information content (AvgIpc) is 3.30. The number of amides is 1. The molecule has 1 amide bonds. The molecule has 1 unspecified atom stereocenters. The van der Waals surface area contributed by atoms with E-state index in [1.165, 1.54) is 0 Å². The van der Waals surface area contributed by atoms with E-state index >= 15 is 0 Å². The molecule has 4 rings (SSSR count). The smallest absolute Gasteiger partial charge is 0.317 e. The molecule has 0 bridgehead atoms. The van der Waals surface area contributed by atoms with Crippen molar-refractivity contribution in [3.05, 3.63) is 82.5 Å². The van der Waals surface area contributed by atoms with E-state index in [1.807, 2.05) is 30.3 Å². The van der Waals surface area contributed by atoms with Gasteiger partial charge in [0.05, 0.1) is 17.3 Å². The van der Waals surface area contributed by atoms with E-state index in [9.17, 15) is 9.59 Å². The molecule has 1 atom stereocenters. The maximum absolute atomic E-state index is 13.0. The first-order valence-electron chi connectivity index (χ1n) is 11.0. The zero-order chi connectivity index (χ0) is 24.1. The lowest BCUT2D eigenvalue weighted by atomic mass is 9.88. The van der Waals surface area contributed by atoms with Crippen LogP contribution < -0.4 is 4.74 Å². The van der Waals surface area contributed by atoms with Gasteiger partial charge >= 0.3 is 5.97 Å². The zero-order valence-corrected chi connectivity index (χ0v) is 20.2. The molecule has 34 heavy (non-hydrogen) atoms. The number of rotatable bonds is 7. The summed E-state index contributed by atoms with van der Waals surface area (Å²) in [5.74, 6) is 0.106. The highest BCUT2D eigenvalue weighted by Crippen LogP contribution is 2.34. The molecule has 8 heteroatoms. The van der Waals surface area contributed by atoms with Crippen LogP contribution >= 0.6 is 23.2 Å². The molecular weight excluding hydrogens is 475 g/mol. The lowest BCUT2D eigenvalue weighted by Crippen LogP contribution is -2.42. The maximum Gasteiger partial charge on any atom is 0.317 e. The van der Waals surface area contributed by atoms with Crippen molar-refractivity contribution >= 4 is 35.1 Å². The largest absolute Gasteiger partial charge is 0.492 e. The normalized spacial score (nSPS) is 17.4. The fraction of sp³-hybridized carbons (Fsp3) is 0.269. The van der Waals surface area contributed by atoms with Gasteiger partial charge in [-0.05, 0) is 74.0 Å². The van der Waals surface area contributed by atoms with Crippen LogP contribution in [-0.4, -0.2) is 48.1 Å². The summed E-state index contributed by atoms with van der Waals surface area (Å²) in [7, 11) is 0. The van der Waals surface area contributed by atoms with Crippen molar-refractivity contribution in [2.45, 2.75) is 13.3 Å². The van der Waals surface area contributed by atoms with Gasteiger partial charge in [-0.1, -0.05) is 23.2 Å². The van der Waals surface area contributed by atoms with Crippen molar-refractivity contribution < 1.29 is 19.1 Å². The van der Waals surface area contributed by atoms with Crippen LogP contribution in [0.15, 0.2) is 66.9 Å². The predicted molar refractivity (Wildman–Crippen MR) is 131 cm³/mol. The van der Waals surface area contributed by atoms with E-state index in [0.29, 0.717) is 34.3 Å². The van der Waals surface area contributed by atoms with E-state index in [-0.39, 0.29) is 31.6 Å². The molecule has 3 aromatic rings. The third kappa shape index (κ3) is 5.34. The van der Waals surface area contributed by atoms with Gasteiger partial charge in [0, 0.05) is 35.4 Å². The van der Waals surface area contributed by atoms with Gasteiger partial charge in [0.15, 0.2) is 0 Å². The minimum absolute atomic E-state index is 0.106. The number of halogens is 2. The molecule has 0 spiro atoms. The number of benzene rings is 2. The van der Waals surface area contributed by atoms with E-state index in [4.69, 9.17) is 32.7 Å². The Hall–Kier alpha value is -3.09. The SMILES string of the molecule is CCOC(=O)C1(COc2ccc(-c3ccc(Cl)cn3)cc2)CCN(C(=O)c2ccc(Cl)cc2)C1. The molecule has 176 valence electrons. The number of carbonyl (C=O) groups is 2. The lowest BCUT2D eigenvalue weighted by Gasteiger charge is -2.27. The Bertz CT molecular complexity index is 1150. The van der Waals surface area contributed by atoms with Gasteiger partial charge in [-0.25, -0.2) is 0 Å². The van der Waals surface area contributed by atoms with Gasteiger partial charge < -0.3 is 14.4 Å². The zero-order valence-electron chi connectivity index (χ0n) is 18.7. The molecular formula is C26H24Cl2N2O4. The second-order valence-corrected chi connectivity index (χ2v) is 9.03. The van der Waals surface area contributed by atoms with Crippen molar-refractivity contribution in [2.24, 2.45) is 5.41 Å². The first kappa shape index (κ1) is 24.0. The Morgan fingerprint density at radius 1 is 1.00 bits per heavy atom. The minimum atomic E-state index is -0.936. The molecule has 1 aliphatic heterocycles. The summed E-state index contributed by atoms with van der Waals surface area (Å²) in [4.78, 5) is 31.9. The molecule has 6 nitrogen and oxygen atoms in total. The number of likely N-dealkylation sites (tertiary alicyclic amines) is 1. The van der Waals surface area contributed by atoms with Gasteiger partial charge in [0.2, 0.25) is 0 Å². The molecule has 1 aromatic heterocycles. The topological polar surface area (TPSA) is 68.7 Å². The Kier molecular flexibility index (Phi) is 7.39. The highest BCUT2D eigenvalue weighted by molar-refractivity contribution is 6.30. The summed E-state index contributed by atoms with van der Waals surface area (Å²) in [5, 5.41) is 1.14. The van der Waals surface area contributed by atoms with Gasteiger partial charge in [-0.2, -0.15) is 0 Å². The van der Waals surface area contributed by atoms with Gasteiger partial charge in [-0.15, -0.1) is 0 Å². The first-order valence-corrected chi connectivity index (χ1v) is 11.7. The number of aromatic nitrogens is 1. The van der Waals surface area contributed by atoms with E-state index < -0.39 is 5.41 Å². The average molecular weight is 499 g/mol. The number of ether oxygens (including phenoxy) is 2. The molecule has 1 fully saturated rings. The molecule has 0 radical (unpaired) electrons. The van der Waals surface area contributed by atoms with Gasteiger partial charge in [0.25, 0.3) is 5.91 Å². The van der Waals surface area contributed by atoms with Crippen LogP contribution in [0.5, 0.6) is 5.75 Å². The van der Waals surface area contributed by atoms with Crippen molar-refractivity contribution in [1.29, 1.82) is 0 Å². The summed E-state index contributed by atoms with van der Waals surface area (Å²) in [6, 6.07) is 17.8. The van der Waals surface area contributed by atoms with Crippen LogP contribution in [0.1, 0.15) is 23.7 Å². The Balaban J connectivity index is 1.46. The van der Waals surface area contributed by atoms with Crippen LogP contribution in [0.3, 0.4) is 0 Å². The Morgan fingerprint density at radius 2 is 1.71 bits per heavy atom. The van der Waals surface area contributed by atoms with Crippen LogP contribution in [0, 0.1) is 5.41 Å². The van der Waals surface area contributed by atoms with E-state index in [0.717, 1.165) is 11.3 Å². The molecule has 0 N–H and O–H groups in total. The van der Waals surface area contributed by atoms with Crippen molar-refractivity contribution in [3.8, 4) is 17.0 Å². The van der Waals surface area contributed by atoms with Crippen LogP contribution in [-0.2, 0) is 9.53 Å². The lowest BCUT2D eigenvalue weighted by molar-refractivity contribution is -0.156. The highest BCUT2D eigenvalue weighted by Gasteiger charge is 2.48. The monoisotopic (exact) mass is 498 g/mol. The van der Waals surface area contributed by atoms with Crippen LogP contribution in [0.4, 0.5) is 0 Å². The summed E-state index contributed by atoms with van der Waals surface area (Å²) < 4.78 is 11.4. The standard InChI is InChI=1S/C26H24Cl2N2O4/c1-2-33-25(32)26(13-14-30(16-26)24(31)19-3-7-20(27)8-4-19)17-34-22-10-5-18(6-11-22)23-12-9-21(28)15-29-23/h3-12,15H,2,13-14,16-17H2,1H3. The summed E-state index contributed by atoms with van der Waals surface area (Å²) in [6.07, 6.45) is 2.06. The molecule has 2 heterocycles. The van der Waals surface area contributed by atoms with Gasteiger partial charge in [-0.3, -0.25) is 14.6 Å². The third-order valence-electron chi connectivity index (χ3n) is 5.83. The van der Waals surface area contributed by atoms with Crippen LogP contribution in [0.2, 0.25) is 10.0 Å². The fourth-order valence-electron chi connectivity index (χ4n) is 3.94. The van der Waals surface area contributed by atoms with Crippen LogP contribution in [0.25, 0.3) is 11.3 Å². The first-order chi connectivity index (χ1) is 16.4. The quantitative estimate of drug-likeness (QED) is 0.400. The highest BCUT2D eigenvalue weighted by atomic mass is 35.5. The van der Waals surface area contributed by atoms with Crippen molar-refractivity contribution in [3.63, 3.8) is 0 Å². The van der Waals surface area contributed by atoms with E-state index in [2.05, 4.69) is 4.98 Å². The molecule has 1 saturated heterocycles. The number of esters is 1. The Labute approximate surface area is 208 Å². The fourth-order valence-corrected chi connectivity index (χ4v) is 4.18. The summed E-state index contributed by atoms with van der Waals surface area (Å²) in [5.41, 5.74) is 1.31. The van der Waals surface area contributed by atoms with Gasteiger partial charge in [0.1, 0.15) is 17.8 Å². The number of nitrogens with zero attached hydrogens (tertiary/aromatic N) is 2. The molecule has 1 aliphatic rings.